The Hall–Kier alpha value is -0.770. The van der Waals surface area contributed by atoms with Crippen LogP contribution in [0.4, 0.5) is 4.79 Å². The SMILES string of the molecule is C.C.CC1CC2COC(=O)N2C1.CC1CCCC1.CC1CCCC1.CC1CCCCC1.CC1CCCNC1. The van der Waals surface area contributed by atoms with Gasteiger partial charge in [-0.2, -0.15) is 0 Å². The Labute approximate surface area is 239 Å². The number of nitrogens with one attached hydrogen (secondary N) is 1. The molecule has 4 nitrogen and oxygen atoms in total. The summed E-state index contributed by atoms with van der Waals surface area (Å²) in [6.07, 6.45) is 23.1. The predicted molar refractivity (Wildman–Crippen MR) is 168 cm³/mol. The third-order valence-electron chi connectivity index (χ3n) is 8.98. The van der Waals surface area contributed by atoms with Gasteiger partial charge in [-0.3, -0.25) is 0 Å². The standard InChI is InChI=1S/C7H11NO2.C7H14.C6H13N.2C6H12.2CH4/c1-5-2-6-4-10-7(9)8(6)3-5;1-7-5-3-2-4-6-7;1-6-3-2-4-7-5-6;2*1-6-4-2-3-5-6;;/h5-6H,2-4H2,1H3;7H,2-6H2,1H3;6-7H,2-5H2,1H3;2*6H,2-5H2,1H3;2*1H4. The minimum atomic E-state index is -0.116. The molecule has 0 aromatic carbocycles. The Kier molecular flexibility index (Phi) is 21.5. The van der Waals surface area contributed by atoms with Crippen LogP contribution in [0, 0.1) is 29.6 Å². The minimum Gasteiger partial charge on any atom is -0.447 e. The van der Waals surface area contributed by atoms with Gasteiger partial charge in [0.15, 0.2) is 0 Å². The van der Waals surface area contributed by atoms with E-state index in [4.69, 9.17) is 4.74 Å². The molecule has 3 saturated heterocycles. The molecular formula is C34H70N2O2. The molecule has 3 heterocycles. The predicted octanol–water partition coefficient (Wildman–Crippen LogP) is 10.1. The first kappa shape index (κ1) is 37.2. The lowest BCUT2D eigenvalue weighted by atomic mass is 9.91. The number of carbonyl (C=O) groups excluding carboxylic acids is 1. The van der Waals surface area contributed by atoms with Crippen LogP contribution < -0.4 is 5.32 Å². The van der Waals surface area contributed by atoms with Crippen LogP contribution in [0.1, 0.15) is 152 Å². The lowest BCUT2D eigenvalue weighted by Crippen LogP contribution is -2.27. The van der Waals surface area contributed by atoms with Gasteiger partial charge in [0.1, 0.15) is 6.61 Å². The molecule has 3 saturated carbocycles. The number of rotatable bonds is 0. The summed E-state index contributed by atoms with van der Waals surface area (Å²) < 4.78 is 4.86. The average Bonchev–Trinajstić information content (AvgIpc) is 3.67. The molecule has 6 aliphatic rings. The Balaban J connectivity index is 0.000000451. The van der Waals surface area contributed by atoms with E-state index in [0.29, 0.717) is 18.6 Å². The Bertz CT molecular complexity index is 515. The van der Waals surface area contributed by atoms with Crippen LogP contribution >= 0.6 is 0 Å². The van der Waals surface area contributed by atoms with Crippen molar-refractivity contribution in [1.82, 2.24) is 10.2 Å². The van der Waals surface area contributed by atoms with Crippen molar-refractivity contribution in [2.75, 3.05) is 26.2 Å². The second-order valence-electron chi connectivity index (χ2n) is 13.2. The zero-order chi connectivity index (χ0) is 26.2. The highest BCUT2D eigenvalue weighted by Crippen LogP contribution is 2.27. The molecule has 1 N–H and O–H groups in total. The number of piperidine rings is 1. The van der Waals surface area contributed by atoms with E-state index >= 15 is 0 Å². The van der Waals surface area contributed by atoms with E-state index in [1.54, 1.807) is 0 Å². The molecule has 38 heavy (non-hydrogen) atoms. The topological polar surface area (TPSA) is 41.6 Å². The van der Waals surface area contributed by atoms with Gasteiger partial charge >= 0.3 is 6.09 Å². The molecule has 1 amide bonds. The van der Waals surface area contributed by atoms with E-state index in [0.717, 1.165) is 36.6 Å². The molecule has 0 aromatic rings. The first-order chi connectivity index (χ1) is 17.3. The third kappa shape index (κ3) is 16.4. The zero-order valence-corrected chi connectivity index (χ0v) is 24.9. The summed E-state index contributed by atoms with van der Waals surface area (Å²) in [5, 5.41) is 3.33. The van der Waals surface area contributed by atoms with Crippen molar-refractivity contribution in [3.05, 3.63) is 0 Å². The molecule has 0 spiro atoms. The second-order valence-corrected chi connectivity index (χ2v) is 13.2. The maximum absolute atomic E-state index is 10.9. The van der Waals surface area contributed by atoms with Crippen molar-refractivity contribution >= 4 is 6.09 Å². The van der Waals surface area contributed by atoms with Gasteiger partial charge in [-0.25, -0.2) is 4.79 Å². The summed E-state index contributed by atoms with van der Waals surface area (Å²) in [6, 6.07) is 0.391. The van der Waals surface area contributed by atoms with Crippen LogP contribution in [-0.4, -0.2) is 43.3 Å². The van der Waals surface area contributed by atoms with Crippen LogP contribution in [0.3, 0.4) is 0 Å². The number of amides is 1. The molecule has 0 aromatic heterocycles. The van der Waals surface area contributed by atoms with Crippen LogP contribution in [-0.2, 0) is 4.74 Å². The van der Waals surface area contributed by atoms with Crippen LogP contribution in [0.15, 0.2) is 0 Å². The number of nitrogens with zero attached hydrogens (tertiary/aromatic N) is 1. The highest BCUT2D eigenvalue weighted by Gasteiger charge is 2.39. The summed E-state index contributed by atoms with van der Waals surface area (Å²) in [7, 11) is 0. The van der Waals surface area contributed by atoms with Gasteiger partial charge in [0, 0.05) is 6.54 Å². The fraction of sp³-hybridized carbons (Fsp3) is 0.971. The number of hydrogen-bond donors (Lipinski definition) is 1. The molecule has 3 aliphatic carbocycles. The van der Waals surface area contributed by atoms with Crippen molar-refractivity contribution in [2.24, 2.45) is 29.6 Å². The lowest BCUT2D eigenvalue weighted by Gasteiger charge is -2.17. The smallest absolute Gasteiger partial charge is 0.410 e. The lowest BCUT2D eigenvalue weighted by molar-refractivity contribution is 0.157. The Morgan fingerprint density at radius 2 is 1.08 bits per heavy atom. The maximum atomic E-state index is 10.9. The monoisotopic (exact) mass is 539 g/mol. The fourth-order valence-corrected chi connectivity index (χ4v) is 6.38. The van der Waals surface area contributed by atoms with Gasteiger partial charge in [-0.1, -0.05) is 133 Å². The third-order valence-corrected chi connectivity index (χ3v) is 8.98. The van der Waals surface area contributed by atoms with Crippen molar-refractivity contribution < 1.29 is 9.53 Å². The number of hydrogen-bond acceptors (Lipinski definition) is 3. The number of ether oxygens (including phenoxy) is 1. The molecule has 228 valence electrons. The Morgan fingerprint density at radius 3 is 1.37 bits per heavy atom. The highest BCUT2D eigenvalue weighted by atomic mass is 16.6. The summed E-state index contributed by atoms with van der Waals surface area (Å²) >= 11 is 0. The average molecular weight is 539 g/mol. The molecule has 6 fully saturated rings. The van der Waals surface area contributed by atoms with Gasteiger partial charge in [-0.15, -0.1) is 0 Å². The first-order valence-electron chi connectivity index (χ1n) is 16.0. The molecule has 3 aliphatic heterocycles. The molecular weight excluding hydrogens is 468 g/mol. The normalized spacial score (nSPS) is 28.8. The minimum absolute atomic E-state index is 0. The van der Waals surface area contributed by atoms with Crippen molar-refractivity contribution in [1.29, 1.82) is 0 Å². The maximum Gasteiger partial charge on any atom is 0.410 e. The zero-order valence-electron chi connectivity index (χ0n) is 24.9. The Morgan fingerprint density at radius 1 is 0.632 bits per heavy atom. The van der Waals surface area contributed by atoms with E-state index in [1.165, 1.54) is 109 Å². The van der Waals surface area contributed by atoms with Crippen molar-refractivity contribution in [3.63, 3.8) is 0 Å². The van der Waals surface area contributed by atoms with Gasteiger partial charge in [0.2, 0.25) is 0 Å². The number of carbonyl (C=O) groups is 1. The van der Waals surface area contributed by atoms with Crippen LogP contribution in [0.2, 0.25) is 0 Å². The van der Waals surface area contributed by atoms with Gasteiger partial charge < -0.3 is 15.0 Å². The van der Waals surface area contributed by atoms with Crippen molar-refractivity contribution in [3.8, 4) is 0 Å². The van der Waals surface area contributed by atoms with E-state index in [9.17, 15) is 4.79 Å². The number of fused-ring (bicyclic) bond motifs is 1. The molecule has 0 radical (unpaired) electrons. The quantitative estimate of drug-likeness (QED) is 0.333. The van der Waals surface area contributed by atoms with Crippen LogP contribution in [0.5, 0.6) is 0 Å². The second kappa shape index (κ2) is 22.0. The number of cyclic esters (lactones) is 1. The van der Waals surface area contributed by atoms with Gasteiger partial charge in [-0.05, 0) is 61.9 Å². The summed E-state index contributed by atoms with van der Waals surface area (Å²) in [6.45, 7) is 15.5. The van der Waals surface area contributed by atoms with Gasteiger partial charge in [0.05, 0.1) is 6.04 Å². The molecule has 4 heteroatoms. The summed E-state index contributed by atoms with van der Waals surface area (Å²) in [5.41, 5.74) is 0. The first-order valence-corrected chi connectivity index (χ1v) is 16.0. The highest BCUT2D eigenvalue weighted by molar-refractivity contribution is 5.70. The largest absolute Gasteiger partial charge is 0.447 e. The van der Waals surface area contributed by atoms with E-state index in [1.807, 2.05) is 4.90 Å². The van der Waals surface area contributed by atoms with Gasteiger partial charge in [0.25, 0.3) is 0 Å². The molecule has 6 rings (SSSR count). The van der Waals surface area contributed by atoms with E-state index < -0.39 is 0 Å². The molecule has 0 bridgehead atoms. The van der Waals surface area contributed by atoms with E-state index in [-0.39, 0.29) is 20.9 Å². The van der Waals surface area contributed by atoms with Crippen LogP contribution in [0.25, 0.3) is 0 Å². The summed E-state index contributed by atoms with van der Waals surface area (Å²) in [4.78, 5) is 12.7. The summed E-state index contributed by atoms with van der Waals surface area (Å²) in [5.74, 6) is 4.72. The van der Waals surface area contributed by atoms with E-state index in [2.05, 4.69) is 39.9 Å². The van der Waals surface area contributed by atoms with Crippen molar-refractivity contribution in [2.45, 2.75) is 158 Å². The fourth-order valence-electron chi connectivity index (χ4n) is 6.38. The molecule has 3 atom stereocenters. The molecule has 3 unspecified atom stereocenters.